The third kappa shape index (κ3) is 4.41. The average molecular weight is 440 g/mol. The summed E-state index contributed by atoms with van der Waals surface area (Å²) in [5, 5.41) is 9.69. The first-order chi connectivity index (χ1) is 14.9. The molecule has 0 aliphatic carbocycles. The summed E-state index contributed by atoms with van der Waals surface area (Å²) in [6.45, 7) is 0. The molecular formula is C20H14F2N6O2S. The van der Waals surface area contributed by atoms with Gasteiger partial charge in [-0.2, -0.15) is 0 Å². The smallest absolute Gasteiger partial charge is 0.323 e. The molecule has 0 aliphatic rings. The van der Waals surface area contributed by atoms with Crippen molar-refractivity contribution in [2.24, 2.45) is 0 Å². The molecule has 0 bridgehead atoms. The predicted molar refractivity (Wildman–Crippen MR) is 115 cm³/mol. The van der Waals surface area contributed by atoms with Crippen LogP contribution in [-0.2, 0) is 0 Å². The molecule has 0 aliphatic heterocycles. The van der Waals surface area contributed by atoms with Crippen LogP contribution in [0.2, 0.25) is 0 Å². The number of urea groups is 1. The van der Waals surface area contributed by atoms with Gasteiger partial charge in [-0.3, -0.25) is 4.79 Å². The van der Waals surface area contributed by atoms with Crippen LogP contribution in [0, 0.1) is 11.6 Å². The molecule has 0 saturated heterocycles. The Hall–Kier alpha value is -4.12. The SMILES string of the molecule is Nc1ncnc2scc(C(=O)Nc3ccc(NC(=O)Nc4ccc(F)cc4F)cc3)c12. The van der Waals surface area contributed by atoms with E-state index in [9.17, 15) is 18.4 Å². The van der Waals surface area contributed by atoms with Crippen LogP contribution in [0.15, 0.2) is 54.2 Å². The van der Waals surface area contributed by atoms with E-state index in [1.54, 1.807) is 29.6 Å². The van der Waals surface area contributed by atoms with Gasteiger partial charge in [0.15, 0.2) is 0 Å². The van der Waals surface area contributed by atoms with E-state index in [0.717, 1.165) is 12.1 Å². The van der Waals surface area contributed by atoms with Crippen molar-refractivity contribution in [3.05, 3.63) is 71.4 Å². The van der Waals surface area contributed by atoms with Crippen molar-refractivity contribution >= 4 is 56.4 Å². The monoisotopic (exact) mass is 440 g/mol. The molecule has 0 radical (unpaired) electrons. The number of carbonyl (C=O) groups is 2. The lowest BCUT2D eigenvalue weighted by Crippen LogP contribution is -2.20. The standard InChI is InChI=1S/C20H14F2N6O2S/c21-10-1-6-15(14(22)7-10)28-20(30)27-12-4-2-11(3-5-12)26-18(29)13-8-31-19-16(13)17(23)24-9-25-19/h1-9H,(H,26,29)(H2,23,24,25)(H2,27,28,30). The van der Waals surface area contributed by atoms with Gasteiger partial charge in [-0.15, -0.1) is 11.3 Å². The molecule has 0 unspecified atom stereocenters. The number of benzene rings is 2. The zero-order valence-corrected chi connectivity index (χ0v) is 16.5. The quantitative estimate of drug-likeness (QED) is 0.374. The van der Waals surface area contributed by atoms with Crippen molar-refractivity contribution < 1.29 is 18.4 Å². The topological polar surface area (TPSA) is 122 Å². The van der Waals surface area contributed by atoms with Gasteiger partial charge < -0.3 is 21.7 Å². The van der Waals surface area contributed by atoms with Gasteiger partial charge in [0.25, 0.3) is 5.91 Å². The molecular weight excluding hydrogens is 426 g/mol. The van der Waals surface area contributed by atoms with Crippen LogP contribution in [0.5, 0.6) is 0 Å². The lowest BCUT2D eigenvalue weighted by Gasteiger charge is -2.10. The number of nitrogens with two attached hydrogens (primary N) is 1. The number of rotatable bonds is 4. The minimum absolute atomic E-state index is 0.158. The van der Waals surface area contributed by atoms with E-state index in [1.807, 2.05) is 0 Å². The lowest BCUT2D eigenvalue weighted by molar-refractivity contribution is 0.102. The highest BCUT2D eigenvalue weighted by Crippen LogP contribution is 2.28. The Morgan fingerprint density at radius 2 is 1.65 bits per heavy atom. The summed E-state index contributed by atoms with van der Waals surface area (Å²) in [5.41, 5.74) is 6.94. The minimum atomic E-state index is -0.889. The predicted octanol–water partition coefficient (Wildman–Crippen LogP) is 4.45. The maximum Gasteiger partial charge on any atom is 0.323 e. The van der Waals surface area contributed by atoms with Crippen LogP contribution < -0.4 is 21.7 Å². The first-order valence-electron chi connectivity index (χ1n) is 8.83. The van der Waals surface area contributed by atoms with Crippen LogP contribution in [0.1, 0.15) is 10.4 Å². The van der Waals surface area contributed by atoms with Crippen molar-refractivity contribution in [2.45, 2.75) is 0 Å². The Balaban J connectivity index is 1.41. The Kier molecular flexibility index (Phi) is 5.41. The molecule has 156 valence electrons. The molecule has 2 aromatic carbocycles. The van der Waals surface area contributed by atoms with Gasteiger partial charge in [-0.1, -0.05) is 0 Å². The fraction of sp³-hybridized carbons (Fsp3) is 0. The van der Waals surface area contributed by atoms with Crippen molar-refractivity contribution in [2.75, 3.05) is 21.7 Å². The van der Waals surface area contributed by atoms with E-state index in [0.29, 0.717) is 33.2 Å². The summed E-state index contributed by atoms with van der Waals surface area (Å²) in [5.74, 6) is -1.79. The van der Waals surface area contributed by atoms with Crippen LogP contribution in [0.4, 0.5) is 36.5 Å². The van der Waals surface area contributed by atoms with Gasteiger partial charge in [0, 0.05) is 22.8 Å². The Labute approximate surface area is 178 Å². The van der Waals surface area contributed by atoms with Crippen LogP contribution in [0.3, 0.4) is 0 Å². The number of nitrogen functional groups attached to an aromatic ring is 1. The highest BCUT2D eigenvalue weighted by atomic mass is 32.1. The second-order valence-corrected chi connectivity index (χ2v) is 7.18. The van der Waals surface area contributed by atoms with Crippen LogP contribution in [-0.4, -0.2) is 21.9 Å². The first kappa shape index (κ1) is 20.2. The number of anilines is 4. The molecule has 5 N–H and O–H groups in total. The van der Waals surface area contributed by atoms with Gasteiger partial charge in [-0.05, 0) is 36.4 Å². The van der Waals surface area contributed by atoms with Gasteiger partial charge in [0.1, 0.15) is 28.6 Å². The Bertz CT molecular complexity index is 1290. The molecule has 4 rings (SSSR count). The van der Waals surface area contributed by atoms with Gasteiger partial charge in [0.2, 0.25) is 0 Å². The summed E-state index contributed by atoms with van der Waals surface area (Å²) in [6.07, 6.45) is 1.34. The molecule has 8 nitrogen and oxygen atoms in total. The summed E-state index contributed by atoms with van der Waals surface area (Å²) in [6, 6.07) is 8.40. The zero-order chi connectivity index (χ0) is 22.0. The van der Waals surface area contributed by atoms with E-state index in [4.69, 9.17) is 5.73 Å². The summed E-state index contributed by atoms with van der Waals surface area (Å²) in [4.78, 5) is 33.2. The molecule has 31 heavy (non-hydrogen) atoms. The Morgan fingerprint density at radius 3 is 2.35 bits per heavy atom. The molecule has 2 aromatic heterocycles. The number of nitrogens with zero attached hydrogens (tertiary/aromatic N) is 2. The number of nitrogens with one attached hydrogen (secondary N) is 3. The molecule has 0 spiro atoms. The van der Waals surface area contributed by atoms with Crippen molar-refractivity contribution in [1.82, 2.24) is 9.97 Å². The number of hydrogen-bond donors (Lipinski definition) is 4. The van der Waals surface area contributed by atoms with Gasteiger partial charge in [-0.25, -0.2) is 23.5 Å². The van der Waals surface area contributed by atoms with E-state index in [2.05, 4.69) is 25.9 Å². The second kappa shape index (κ2) is 8.32. The Morgan fingerprint density at radius 1 is 0.935 bits per heavy atom. The molecule has 11 heteroatoms. The van der Waals surface area contributed by atoms with Crippen LogP contribution >= 0.6 is 11.3 Å². The maximum atomic E-state index is 13.6. The molecule has 4 aromatic rings. The maximum absolute atomic E-state index is 13.6. The van der Waals surface area contributed by atoms with Crippen molar-refractivity contribution in [3.8, 4) is 0 Å². The molecule has 0 saturated carbocycles. The molecule has 0 atom stereocenters. The number of halogens is 2. The number of hydrogen-bond acceptors (Lipinski definition) is 6. The number of aromatic nitrogens is 2. The fourth-order valence-corrected chi connectivity index (χ4v) is 3.67. The fourth-order valence-electron chi connectivity index (χ4n) is 2.78. The summed E-state index contributed by atoms with van der Waals surface area (Å²) >= 11 is 1.28. The minimum Gasteiger partial charge on any atom is -0.383 e. The van der Waals surface area contributed by atoms with Crippen LogP contribution in [0.25, 0.3) is 10.2 Å². The van der Waals surface area contributed by atoms with Crippen molar-refractivity contribution in [3.63, 3.8) is 0 Å². The number of amides is 3. The molecule has 3 amide bonds. The average Bonchev–Trinajstić information content (AvgIpc) is 3.17. The summed E-state index contributed by atoms with van der Waals surface area (Å²) < 4.78 is 26.6. The van der Waals surface area contributed by atoms with Gasteiger partial charge >= 0.3 is 6.03 Å². The first-order valence-corrected chi connectivity index (χ1v) is 9.71. The van der Waals surface area contributed by atoms with Crippen molar-refractivity contribution in [1.29, 1.82) is 0 Å². The highest BCUT2D eigenvalue weighted by Gasteiger charge is 2.16. The molecule has 0 fully saturated rings. The number of fused-ring (bicyclic) bond motifs is 1. The summed E-state index contributed by atoms with van der Waals surface area (Å²) in [7, 11) is 0. The lowest BCUT2D eigenvalue weighted by atomic mass is 10.2. The van der Waals surface area contributed by atoms with E-state index in [-0.39, 0.29) is 17.4 Å². The second-order valence-electron chi connectivity index (χ2n) is 6.32. The highest BCUT2D eigenvalue weighted by molar-refractivity contribution is 7.17. The van der Waals surface area contributed by atoms with Gasteiger partial charge in [0.05, 0.1) is 16.6 Å². The van der Waals surface area contributed by atoms with E-state index in [1.165, 1.54) is 17.7 Å². The third-order valence-electron chi connectivity index (χ3n) is 4.22. The number of carbonyl (C=O) groups excluding carboxylic acids is 2. The number of thiophene rings is 1. The molecule has 2 heterocycles. The zero-order valence-electron chi connectivity index (χ0n) is 15.6. The van der Waals surface area contributed by atoms with E-state index < -0.39 is 17.7 Å². The largest absolute Gasteiger partial charge is 0.383 e. The normalized spacial score (nSPS) is 10.6. The third-order valence-corrected chi connectivity index (χ3v) is 5.11. The van der Waals surface area contributed by atoms with E-state index >= 15 is 0 Å².